The number of rotatable bonds is 6. The SMILES string of the molecule is CCc1c(C)noc1NC(=O)CCNS(C)(=O)=O. The number of hydrogen-bond donors (Lipinski definition) is 2. The Hall–Kier alpha value is -1.41. The van der Waals surface area contributed by atoms with Gasteiger partial charge < -0.3 is 4.52 Å². The van der Waals surface area contributed by atoms with Crippen molar-refractivity contribution in [2.24, 2.45) is 0 Å². The molecule has 0 saturated carbocycles. The Balaban J connectivity index is 2.50. The largest absolute Gasteiger partial charge is 0.338 e. The highest BCUT2D eigenvalue weighted by molar-refractivity contribution is 7.88. The van der Waals surface area contributed by atoms with Crippen molar-refractivity contribution in [2.75, 3.05) is 18.1 Å². The van der Waals surface area contributed by atoms with Crippen molar-refractivity contribution in [3.63, 3.8) is 0 Å². The maximum absolute atomic E-state index is 11.5. The third-order valence-electron chi connectivity index (χ3n) is 2.31. The number of aryl methyl sites for hydroxylation is 1. The third kappa shape index (κ3) is 4.46. The lowest BCUT2D eigenvalue weighted by atomic mass is 10.2. The maximum Gasteiger partial charge on any atom is 0.234 e. The van der Waals surface area contributed by atoms with Crippen LogP contribution < -0.4 is 10.0 Å². The van der Waals surface area contributed by atoms with E-state index in [9.17, 15) is 13.2 Å². The minimum Gasteiger partial charge on any atom is -0.338 e. The Morgan fingerprint density at radius 1 is 1.44 bits per heavy atom. The number of anilines is 1. The first-order valence-electron chi connectivity index (χ1n) is 5.53. The summed E-state index contributed by atoms with van der Waals surface area (Å²) in [6, 6.07) is 0. The summed E-state index contributed by atoms with van der Waals surface area (Å²) in [5.41, 5.74) is 1.58. The van der Waals surface area contributed by atoms with Crippen molar-refractivity contribution in [1.82, 2.24) is 9.88 Å². The van der Waals surface area contributed by atoms with Crippen LogP contribution in [0.25, 0.3) is 0 Å². The van der Waals surface area contributed by atoms with Crippen LogP contribution >= 0.6 is 0 Å². The van der Waals surface area contributed by atoms with Crippen LogP contribution in [0.4, 0.5) is 5.88 Å². The molecular formula is C10H17N3O4S. The molecule has 0 atom stereocenters. The number of amides is 1. The van der Waals surface area contributed by atoms with Crippen LogP contribution in [0.1, 0.15) is 24.6 Å². The molecule has 0 spiro atoms. The van der Waals surface area contributed by atoms with Crippen molar-refractivity contribution in [3.8, 4) is 0 Å². The van der Waals surface area contributed by atoms with Crippen LogP contribution in [0.15, 0.2) is 4.52 Å². The van der Waals surface area contributed by atoms with E-state index in [2.05, 4.69) is 15.2 Å². The zero-order valence-electron chi connectivity index (χ0n) is 10.6. The summed E-state index contributed by atoms with van der Waals surface area (Å²) >= 11 is 0. The topological polar surface area (TPSA) is 101 Å². The molecule has 7 nitrogen and oxygen atoms in total. The number of carbonyl (C=O) groups is 1. The minimum absolute atomic E-state index is 0.0377. The van der Waals surface area contributed by atoms with Gasteiger partial charge in [-0.3, -0.25) is 10.1 Å². The smallest absolute Gasteiger partial charge is 0.234 e. The first kappa shape index (κ1) is 14.7. The molecule has 1 heterocycles. The summed E-state index contributed by atoms with van der Waals surface area (Å²) in [4.78, 5) is 11.5. The quantitative estimate of drug-likeness (QED) is 0.783. The van der Waals surface area contributed by atoms with E-state index in [0.29, 0.717) is 12.3 Å². The molecule has 1 amide bonds. The fraction of sp³-hybridized carbons (Fsp3) is 0.600. The highest BCUT2D eigenvalue weighted by Gasteiger charge is 2.13. The normalized spacial score (nSPS) is 11.5. The Bertz CT molecular complexity index is 521. The zero-order valence-corrected chi connectivity index (χ0v) is 11.4. The van der Waals surface area contributed by atoms with Crippen LogP contribution in [0.5, 0.6) is 0 Å². The van der Waals surface area contributed by atoms with Gasteiger partial charge in [0, 0.05) is 18.5 Å². The zero-order chi connectivity index (χ0) is 13.8. The molecule has 0 bridgehead atoms. The molecule has 0 aliphatic rings. The summed E-state index contributed by atoms with van der Waals surface area (Å²) in [7, 11) is -3.27. The van der Waals surface area contributed by atoms with E-state index in [1.807, 2.05) is 6.92 Å². The summed E-state index contributed by atoms with van der Waals surface area (Å²) in [5, 5.41) is 6.32. The monoisotopic (exact) mass is 275 g/mol. The van der Waals surface area contributed by atoms with Gasteiger partial charge in [0.05, 0.1) is 11.9 Å². The molecule has 1 rings (SSSR count). The number of aromatic nitrogens is 1. The molecule has 0 aliphatic heterocycles. The Kier molecular flexibility index (Phi) is 4.85. The maximum atomic E-state index is 11.5. The van der Waals surface area contributed by atoms with Gasteiger partial charge in [0.1, 0.15) is 0 Å². The van der Waals surface area contributed by atoms with Crippen molar-refractivity contribution < 1.29 is 17.7 Å². The van der Waals surface area contributed by atoms with E-state index in [4.69, 9.17) is 4.52 Å². The predicted molar refractivity (Wildman–Crippen MR) is 66.7 cm³/mol. The van der Waals surface area contributed by atoms with Crippen LogP contribution in [0.2, 0.25) is 0 Å². The average Bonchev–Trinajstić information content (AvgIpc) is 2.57. The minimum atomic E-state index is -3.27. The van der Waals surface area contributed by atoms with Crippen LogP contribution in [0, 0.1) is 6.92 Å². The summed E-state index contributed by atoms with van der Waals surface area (Å²) < 4.78 is 28.8. The van der Waals surface area contributed by atoms with Gasteiger partial charge in [-0.2, -0.15) is 0 Å². The number of sulfonamides is 1. The van der Waals surface area contributed by atoms with Crippen LogP contribution in [-0.2, 0) is 21.2 Å². The number of carbonyl (C=O) groups excluding carboxylic acids is 1. The molecule has 18 heavy (non-hydrogen) atoms. The van der Waals surface area contributed by atoms with E-state index in [1.54, 1.807) is 6.92 Å². The Morgan fingerprint density at radius 3 is 2.67 bits per heavy atom. The summed E-state index contributed by atoms with van der Waals surface area (Å²) in [5.74, 6) is 0.0105. The molecule has 0 saturated heterocycles. The molecule has 0 aromatic carbocycles. The van der Waals surface area contributed by atoms with Crippen LogP contribution in [-0.4, -0.2) is 32.3 Å². The average molecular weight is 275 g/mol. The number of hydrogen-bond acceptors (Lipinski definition) is 5. The van der Waals surface area contributed by atoms with Gasteiger partial charge in [-0.15, -0.1) is 0 Å². The van der Waals surface area contributed by atoms with Crippen molar-refractivity contribution in [3.05, 3.63) is 11.3 Å². The second kappa shape index (κ2) is 5.96. The first-order chi connectivity index (χ1) is 8.33. The highest BCUT2D eigenvalue weighted by Crippen LogP contribution is 2.19. The lowest BCUT2D eigenvalue weighted by Crippen LogP contribution is -2.26. The van der Waals surface area contributed by atoms with Crippen LogP contribution in [0.3, 0.4) is 0 Å². The Morgan fingerprint density at radius 2 is 2.11 bits per heavy atom. The van der Waals surface area contributed by atoms with E-state index in [0.717, 1.165) is 17.5 Å². The molecule has 1 aromatic heterocycles. The lowest BCUT2D eigenvalue weighted by Gasteiger charge is -2.03. The Labute approximate surface area is 106 Å². The first-order valence-corrected chi connectivity index (χ1v) is 7.42. The van der Waals surface area contributed by atoms with Gasteiger partial charge in [-0.1, -0.05) is 12.1 Å². The molecule has 0 aliphatic carbocycles. The van der Waals surface area contributed by atoms with Gasteiger partial charge in [-0.05, 0) is 13.3 Å². The third-order valence-corrected chi connectivity index (χ3v) is 3.04. The fourth-order valence-electron chi connectivity index (χ4n) is 1.44. The van der Waals surface area contributed by atoms with E-state index in [1.165, 1.54) is 0 Å². The van der Waals surface area contributed by atoms with Gasteiger partial charge in [0.15, 0.2) is 0 Å². The molecule has 102 valence electrons. The van der Waals surface area contributed by atoms with Crippen molar-refractivity contribution in [2.45, 2.75) is 26.7 Å². The second-order valence-electron chi connectivity index (χ2n) is 3.89. The number of nitrogens with zero attached hydrogens (tertiary/aromatic N) is 1. The van der Waals surface area contributed by atoms with Gasteiger partial charge >= 0.3 is 0 Å². The summed E-state index contributed by atoms with van der Waals surface area (Å²) in [6.07, 6.45) is 1.78. The van der Waals surface area contributed by atoms with E-state index >= 15 is 0 Å². The van der Waals surface area contributed by atoms with E-state index in [-0.39, 0.29) is 18.9 Å². The number of nitrogens with one attached hydrogen (secondary N) is 2. The second-order valence-corrected chi connectivity index (χ2v) is 5.73. The fourth-order valence-corrected chi connectivity index (χ4v) is 1.92. The molecule has 1 aromatic rings. The lowest BCUT2D eigenvalue weighted by molar-refractivity contribution is -0.116. The van der Waals surface area contributed by atoms with E-state index < -0.39 is 10.0 Å². The molecule has 0 unspecified atom stereocenters. The molecule has 2 N–H and O–H groups in total. The van der Waals surface area contributed by atoms with Gasteiger partial charge in [0.2, 0.25) is 21.8 Å². The summed E-state index contributed by atoms with van der Waals surface area (Å²) in [6.45, 7) is 3.78. The molecular weight excluding hydrogens is 258 g/mol. The molecule has 8 heteroatoms. The standard InChI is InChI=1S/C10H17N3O4S/c1-4-8-7(2)13-17-10(8)12-9(14)5-6-11-18(3,15)16/h11H,4-6H2,1-3H3,(H,12,14). The van der Waals surface area contributed by atoms with Gasteiger partial charge in [0.25, 0.3) is 0 Å². The molecule has 0 radical (unpaired) electrons. The van der Waals surface area contributed by atoms with Crippen molar-refractivity contribution in [1.29, 1.82) is 0 Å². The predicted octanol–water partition coefficient (Wildman–Crippen LogP) is 0.423. The highest BCUT2D eigenvalue weighted by atomic mass is 32.2. The van der Waals surface area contributed by atoms with Gasteiger partial charge in [-0.25, -0.2) is 13.1 Å². The van der Waals surface area contributed by atoms with Crippen molar-refractivity contribution >= 4 is 21.8 Å². The molecule has 0 fully saturated rings.